The molecule has 24 heavy (non-hydrogen) atoms. The summed E-state index contributed by atoms with van der Waals surface area (Å²) in [5.41, 5.74) is -0.448. The van der Waals surface area contributed by atoms with Crippen LogP contribution in [0.1, 0.15) is 37.8 Å². The van der Waals surface area contributed by atoms with E-state index in [1.165, 1.54) is 18.4 Å². The van der Waals surface area contributed by atoms with E-state index in [0.717, 1.165) is 12.1 Å². The molecule has 1 aromatic carbocycles. The molecular weight excluding hydrogens is 323 g/mol. The first-order chi connectivity index (χ1) is 11.3. The van der Waals surface area contributed by atoms with Gasteiger partial charge in [0.25, 0.3) is 0 Å². The molecule has 0 fully saturated rings. The van der Waals surface area contributed by atoms with Gasteiger partial charge in [-0.2, -0.15) is 18.4 Å². The number of aliphatic hydroxyl groups is 1. The highest BCUT2D eigenvalue weighted by Gasteiger charge is 2.34. The smallest absolute Gasteiger partial charge is 0.417 e. The number of ether oxygens (including phenoxy) is 2. The summed E-state index contributed by atoms with van der Waals surface area (Å²) in [4.78, 5) is 0. The van der Waals surface area contributed by atoms with Gasteiger partial charge in [-0.05, 0) is 31.0 Å². The minimum atomic E-state index is -4.66. The van der Waals surface area contributed by atoms with E-state index in [-0.39, 0.29) is 5.75 Å². The second-order valence-corrected chi connectivity index (χ2v) is 5.11. The minimum Gasteiger partial charge on any atom is -0.468 e. The summed E-state index contributed by atoms with van der Waals surface area (Å²) in [6.07, 6.45) is -3.58. The maximum atomic E-state index is 13.1. The SMILES string of the molecule is CCC1=COC(O)C(CC)=C1Oc1ccc(C#N)c(C(F)(F)F)c1. The van der Waals surface area contributed by atoms with Gasteiger partial charge in [0.2, 0.25) is 6.29 Å². The minimum absolute atomic E-state index is 0.0595. The zero-order valence-electron chi connectivity index (χ0n) is 13.1. The van der Waals surface area contributed by atoms with Crippen molar-refractivity contribution < 1.29 is 27.8 Å². The number of halogens is 3. The van der Waals surface area contributed by atoms with E-state index in [0.29, 0.717) is 29.7 Å². The number of hydrogen-bond donors (Lipinski definition) is 1. The van der Waals surface area contributed by atoms with Crippen molar-refractivity contribution in [3.8, 4) is 11.8 Å². The van der Waals surface area contributed by atoms with Gasteiger partial charge in [0, 0.05) is 11.1 Å². The van der Waals surface area contributed by atoms with Crippen molar-refractivity contribution in [2.75, 3.05) is 0 Å². The molecule has 0 aliphatic carbocycles. The Labute approximate surface area is 137 Å². The summed E-state index contributed by atoms with van der Waals surface area (Å²) in [5.74, 6) is 0.243. The zero-order valence-corrected chi connectivity index (χ0v) is 13.1. The summed E-state index contributed by atoms with van der Waals surface area (Å²) in [6.45, 7) is 3.62. The van der Waals surface area contributed by atoms with Gasteiger partial charge in [-0.15, -0.1) is 0 Å². The Kier molecular flexibility index (Phi) is 5.20. The van der Waals surface area contributed by atoms with Gasteiger partial charge >= 0.3 is 6.18 Å². The molecule has 0 saturated heterocycles. The third-order valence-corrected chi connectivity index (χ3v) is 3.62. The lowest BCUT2D eigenvalue weighted by Crippen LogP contribution is -2.21. The molecule has 128 valence electrons. The van der Waals surface area contributed by atoms with E-state index in [1.54, 1.807) is 6.92 Å². The zero-order chi connectivity index (χ0) is 17.9. The van der Waals surface area contributed by atoms with E-state index in [2.05, 4.69) is 0 Å². The Bertz CT molecular complexity index is 730. The van der Waals surface area contributed by atoms with Gasteiger partial charge in [0.05, 0.1) is 23.5 Å². The molecule has 0 radical (unpaired) electrons. The quantitative estimate of drug-likeness (QED) is 0.890. The van der Waals surface area contributed by atoms with Gasteiger partial charge in [-0.3, -0.25) is 0 Å². The van der Waals surface area contributed by atoms with Crippen molar-refractivity contribution in [1.82, 2.24) is 0 Å². The molecule has 0 saturated carbocycles. The fourth-order valence-corrected chi connectivity index (χ4v) is 2.35. The second-order valence-electron chi connectivity index (χ2n) is 5.11. The lowest BCUT2D eigenvalue weighted by molar-refractivity contribution is -0.137. The monoisotopic (exact) mass is 339 g/mol. The summed E-state index contributed by atoms with van der Waals surface area (Å²) in [7, 11) is 0. The number of aliphatic hydroxyl groups excluding tert-OH is 1. The molecule has 1 aromatic rings. The molecule has 1 heterocycles. The van der Waals surface area contributed by atoms with Gasteiger partial charge in [0.1, 0.15) is 11.5 Å². The molecule has 1 unspecified atom stereocenters. The van der Waals surface area contributed by atoms with Crippen LogP contribution in [0.15, 0.2) is 41.4 Å². The third-order valence-electron chi connectivity index (χ3n) is 3.62. The molecule has 0 aromatic heterocycles. The largest absolute Gasteiger partial charge is 0.468 e. The van der Waals surface area contributed by atoms with Crippen LogP contribution in [0.3, 0.4) is 0 Å². The number of rotatable bonds is 4. The lowest BCUT2D eigenvalue weighted by Gasteiger charge is -2.25. The molecule has 1 aliphatic rings. The molecule has 7 heteroatoms. The summed E-state index contributed by atoms with van der Waals surface area (Å²) >= 11 is 0. The normalized spacial score (nSPS) is 17.9. The van der Waals surface area contributed by atoms with Crippen LogP contribution >= 0.6 is 0 Å². The predicted octanol–water partition coefficient (Wildman–Crippen LogP) is 4.26. The average molecular weight is 339 g/mol. The lowest BCUT2D eigenvalue weighted by atomic mass is 10.0. The van der Waals surface area contributed by atoms with Crippen LogP contribution in [0.25, 0.3) is 0 Å². The molecule has 2 rings (SSSR count). The van der Waals surface area contributed by atoms with Gasteiger partial charge in [-0.1, -0.05) is 13.8 Å². The molecule has 0 amide bonds. The molecule has 1 atom stereocenters. The topological polar surface area (TPSA) is 62.5 Å². The number of allylic oxidation sites excluding steroid dienone is 1. The molecule has 0 bridgehead atoms. The van der Waals surface area contributed by atoms with Crippen molar-refractivity contribution in [2.24, 2.45) is 0 Å². The molecule has 4 nitrogen and oxygen atoms in total. The van der Waals surface area contributed by atoms with Crippen LogP contribution in [0.4, 0.5) is 13.2 Å². The number of hydrogen-bond acceptors (Lipinski definition) is 4. The summed E-state index contributed by atoms with van der Waals surface area (Å²) < 4.78 is 49.9. The van der Waals surface area contributed by atoms with Crippen LogP contribution in [0.5, 0.6) is 5.75 Å². The molecule has 1 aliphatic heterocycles. The number of nitriles is 1. The predicted molar refractivity (Wildman–Crippen MR) is 79.6 cm³/mol. The Morgan fingerprint density at radius 3 is 2.54 bits per heavy atom. The fourth-order valence-electron chi connectivity index (χ4n) is 2.35. The highest BCUT2D eigenvalue weighted by atomic mass is 19.4. The second kappa shape index (κ2) is 6.97. The van der Waals surface area contributed by atoms with Crippen molar-refractivity contribution in [1.29, 1.82) is 5.26 Å². The first-order valence-electron chi connectivity index (χ1n) is 7.37. The first kappa shape index (κ1) is 17.9. The van der Waals surface area contributed by atoms with Crippen LogP contribution in [-0.4, -0.2) is 11.4 Å². The van der Waals surface area contributed by atoms with E-state index in [1.807, 2.05) is 6.92 Å². The standard InChI is InChI=1S/C17H16F3NO3/c1-3-10-9-23-16(22)13(4-2)15(10)24-12-6-5-11(8-21)14(7-12)17(18,19)20/h5-7,9,16,22H,3-4H2,1-2H3. The summed E-state index contributed by atoms with van der Waals surface area (Å²) in [5, 5.41) is 18.7. The number of nitrogens with zero attached hydrogens (tertiary/aromatic N) is 1. The Morgan fingerprint density at radius 1 is 1.29 bits per heavy atom. The first-order valence-corrected chi connectivity index (χ1v) is 7.37. The summed E-state index contributed by atoms with van der Waals surface area (Å²) in [6, 6.07) is 4.67. The van der Waals surface area contributed by atoms with E-state index < -0.39 is 23.6 Å². The molecular formula is C17H16F3NO3. The van der Waals surface area contributed by atoms with Gasteiger partial charge in [0.15, 0.2) is 0 Å². The Balaban J connectivity index is 2.46. The maximum absolute atomic E-state index is 13.1. The van der Waals surface area contributed by atoms with Crippen LogP contribution in [0, 0.1) is 11.3 Å². The van der Waals surface area contributed by atoms with E-state index in [9.17, 15) is 18.3 Å². The molecule has 1 N–H and O–H groups in total. The number of alkyl halides is 3. The molecule has 0 spiro atoms. The fraction of sp³-hybridized carbons (Fsp3) is 0.353. The van der Waals surface area contributed by atoms with Crippen molar-refractivity contribution >= 4 is 0 Å². The van der Waals surface area contributed by atoms with Crippen molar-refractivity contribution in [3.05, 3.63) is 52.5 Å². The third kappa shape index (κ3) is 3.54. The Hall–Kier alpha value is -2.46. The van der Waals surface area contributed by atoms with E-state index >= 15 is 0 Å². The Morgan fingerprint density at radius 2 is 2.00 bits per heavy atom. The maximum Gasteiger partial charge on any atom is 0.417 e. The van der Waals surface area contributed by atoms with Crippen molar-refractivity contribution in [3.63, 3.8) is 0 Å². The highest BCUT2D eigenvalue weighted by Crippen LogP contribution is 2.36. The van der Waals surface area contributed by atoms with Gasteiger partial charge in [-0.25, -0.2) is 0 Å². The van der Waals surface area contributed by atoms with Crippen molar-refractivity contribution in [2.45, 2.75) is 39.2 Å². The van der Waals surface area contributed by atoms with Crippen LogP contribution in [-0.2, 0) is 10.9 Å². The average Bonchev–Trinajstić information content (AvgIpc) is 2.54. The highest BCUT2D eigenvalue weighted by molar-refractivity contribution is 5.46. The van der Waals surface area contributed by atoms with Crippen LogP contribution < -0.4 is 4.74 Å². The van der Waals surface area contributed by atoms with Crippen LogP contribution in [0.2, 0.25) is 0 Å². The van der Waals surface area contributed by atoms with Gasteiger partial charge < -0.3 is 14.6 Å². The number of benzene rings is 1. The van der Waals surface area contributed by atoms with E-state index in [4.69, 9.17) is 14.7 Å².